The van der Waals surface area contributed by atoms with Crippen LogP contribution < -0.4 is 4.74 Å². The number of carbonyl (C=O) groups is 2. The van der Waals surface area contributed by atoms with Crippen molar-refractivity contribution < 1.29 is 14.3 Å². The van der Waals surface area contributed by atoms with Crippen LogP contribution >= 0.6 is 22.9 Å². The first-order chi connectivity index (χ1) is 15.5. The fourth-order valence-electron chi connectivity index (χ4n) is 6.35. The number of carbonyl (C=O) groups excluding carboxylic acids is 2. The number of halogens is 1. The summed E-state index contributed by atoms with van der Waals surface area (Å²) in [7, 11) is 0. The Kier molecular flexibility index (Phi) is 4.88. The highest BCUT2D eigenvalue weighted by atomic mass is 35.5. The normalized spacial score (nSPS) is 29.0. The van der Waals surface area contributed by atoms with Gasteiger partial charge in [-0.25, -0.2) is 4.98 Å². The van der Waals surface area contributed by atoms with Crippen LogP contribution in [0.1, 0.15) is 49.7 Å². The summed E-state index contributed by atoms with van der Waals surface area (Å²) < 4.78 is 7.05. The van der Waals surface area contributed by atoms with Crippen LogP contribution in [0.5, 0.6) is 10.9 Å². The third-order valence-corrected chi connectivity index (χ3v) is 8.92. The molecule has 0 aliphatic heterocycles. The second-order valence-corrected chi connectivity index (χ2v) is 10.8. The fourth-order valence-corrected chi connectivity index (χ4v) is 7.46. The molecule has 32 heavy (non-hydrogen) atoms. The SMILES string of the molecule is CCc1ccc(Oc2nc3ccc(Cl)cc3s2)cc1C1C(=O)C2C3CCC(CC3)C2C1=O. The number of aryl methyl sites for hydroxylation is 1. The summed E-state index contributed by atoms with van der Waals surface area (Å²) >= 11 is 7.52. The van der Waals surface area contributed by atoms with E-state index >= 15 is 0 Å². The summed E-state index contributed by atoms with van der Waals surface area (Å²) in [5.41, 5.74) is 2.71. The molecule has 6 heteroatoms. The predicted octanol–water partition coefficient (Wildman–Crippen LogP) is 6.59. The third kappa shape index (κ3) is 3.12. The molecule has 4 nitrogen and oxygen atoms in total. The highest BCUT2D eigenvalue weighted by molar-refractivity contribution is 7.20. The molecule has 2 atom stereocenters. The Morgan fingerprint density at radius 3 is 2.34 bits per heavy atom. The molecule has 164 valence electrons. The van der Waals surface area contributed by atoms with Crippen molar-refractivity contribution >= 4 is 44.7 Å². The van der Waals surface area contributed by atoms with E-state index in [0.29, 0.717) is 27.8 Å². The van der Waals surface area contributed by atoms with E-state index in [1.165, 1.54) is 11.3 Å². The molecular weight excluding hydrogens is 442 g/mol. The highest BCUT2D eigenvalue weighted by Gasteiger charge is 2.59. The Hall–Kier alpha value is -2.24. The van der Waals surface area contributed by atoms with Crippen molar-refractivity contribution in [2.45, 2.75) is 44.9 Å². The number of benzene rings is 2. The van der Waals surface area contributed by atoms with Crippen molar-refractivity contribution in [3.8, 4) is 10.9 Å². The topological polar surface area (TPSA) is 56.3 Å². The number of nitrogens with zero attached hydrogens (tertiary/aromatic N) is 1. The summed E-state index contributed by atoms with van der Waals surface area (Å²) in [6.07, 6.45) is 5.17. The zero-order chi connectivity index (χ0) is 22.0. The molecule has 4 fully saturated rings. The summed E-state index contributed by atoms with van der Waals surface area (Å²) in [6.45, 7) is 2.07. The Labute approximate surface area is 195 Å². The van der Waals surface area contributed by atoms with E-state index in [0.717, 1.165) is 53.4 Å². The van der Waals surface area contributed by atoms with E-state index in [1.54, 1.807) is 0 Å². The highest BCUT2D eigenvalue weighted by Crippen LogP contribution is 2.56. The van der Waals surface area contributed by atoms with Crippen LogP contribution in [0.25, 0.3) is 10.2 Å². The lowest BCUT2D eigenvalue weighted by Gasteiger charge is -2.43. The van der Waals surface area contributed by atoms with Gasteiger partial charge in [0.15, 0.2) is 11.6 Å². The van der Waals surface area contributed by atoms with Crippen LogP contribution in [0, 0.1) is 23.7 Å². The average Bonchev–Trinajstić information content (AvgIpc) is 3.32. The molecular formula is C26H24ClNO3S. The van der Waals surface area contributed by atoms with E-state index in [2.05, 4.69) is 11.9 Å². The molecule has 4 saturated carbocycles. The average molecular weight is 466 g/mol. The molecule has 0 saturated heterocycles. The number of hydrogen-bond acceptors (Lipinski definition) is 5. The molecule has 1 aromatic heterocycles. The molecule has 0 radical (unpaired) electrons. The summed E-state index contributed by atoms with van der Waals surface area (Å²) in [5, 5.41) is 1.18. The Balaban J connectivity index is 1.35. The molecule has 2 aromatic carbocycles. The van der Waals surface area contributed by atoms with Crippen LogP contribution in [0.15, 0.2) is 36.4 Å². The number of ketones is 2. The van der Waals surface area contributed by atoms with Crippen molar-refractivity contribution in [3.63, 3.8) is 0 Å². The molecule has 1 heterocycles. The molecule has 2 bridgehead atoms. The van der Waals surface area contributed by atoms with Crippen molar-refractivity contribution in [2.75, 3.05) is 0 Å². The van der Waals surface area contributed by atoms with Crippen LogP contribution in [0.3, 0.4) is 0 Å². The van der Waals surface area contributed by atoms with Gasteiger partial charge >= 0.3 is 0 Å². The van der Waals surface area contributed by atoms with Gasteiger partial charge in [-0.05, 0) is 85.4 Å². The standard InChI is InChI=1S/C26H24ClNO3S/c1-2-13-7-9-17(31-26-28-19-10-8-16(27)11-20(19)32-26)12-18(13)23-24(29)21-14-3-4-15(6-5-14)22(21)25(23)30/h7-12,14-15,21-23H,2-6H2,1H3. The first kappa shape index (κ1) is 20.4. The monoisotopic (exact) mass is 465 g/mol. The number of thiazole rings is 1. The predicted molar refractivity (Wildman–Crippen MR) is 126 cm³/mol. The van der Waals surface area contributed by atoms with Crippen LogP contribution in [-0.4, -0.2) is 16.6 Å². The molecule has 4 aliphatic rings. The summed E-state index contributed by atoms with van der Waals surface area (Å²) in [6, 6.07) is 11.4. The number of fused-ring (bicyclic) bond motifs is 3. The fraction of sp³-hybridized carbons (Fsp3) is 0.423. The van der Waals surface area contributed by atoms with Gasteiger partial charge in [-0.3, -0.25) is 9.59 Å². The Bertz CT molecular complexity index is 1210. The van der Waals surface area contributed by atoms with Crippen LogP contribution in [-0.2, 0) is 16.0 Å². The minimum absolute atomic E-state index is 0.0664. The van der Waals surface area contributed by atoms with E-state index in [4.69, 9.17) is 16.3 Å². The van der Waals surface area contributed by atoms with Crippen LogP contribution in [0.2, 0.25) is 5.02 Å². The molecule has 0 spiro atoms. The number of aromatic nitrogens is 1. The van der Waals surface area contributed by atoms with Gasteiger partial charge in [-0.2, -0.15) is 0 Å². The summed E-state index contributed by atoms with van der Waals surface area (Å²) in [4.78, 5) is 31.6. The maximum absolute atomic E-state index is 13.5. The number of Topliss-reactive ketones (excluding diaryl/α,β-unsaturated/α-hetero) is 2. The third-order valence-electron chi connectivity index (χ3n) is 7.79. The second-order valence-electron chi connectivity index (χ2n) is 9.37. The maximum atomic E-state index is 13.5. The number of hydrogen-bond donors (Lipinski definition) is 0. The number of ether oxygens (including phenoxy) is 1. The molecule has 4 aliphatic carbocycles. The van der Waals surface area contributed by atoms with Gasteiger partial charge in [0.05, 0.1) is 10.2 Å². The van der Waals surface area contributed by atoms with Crippen molar-refractivity contribution in [2.24, 2.45) is 23.7 Å². The molecule has 2 unspecified atom stereocenters. The lowest BCUT2D eigenvalue weighted by molar-refractivity contribution is -0.129. The van der Waals surface area contributed by atoms with E-state index in [1.807, 2.05) is 36.4 Å². The summed E-state index contributed by atoms with van der Waals surface area (Å²) in [5.74, 6) is 0.925. The Morgan fingerprint density at radius 2 is 1.69 bits per heavy atom. The van der Waals surface area contributed by atoms with Gasteiger partial charge in [-0.1, -0.05) is 35.9 Å². The molecule has 0 amide bonds. The largest absolute Gasteiger partial charge is 0.431 e. The molecule has 3 aromatic rings. The minimum Gasteiger partial charge on any atom is -0.431 e. The smallest absolute Gasteiger partial charge is 0.279 e. The van der Waals surface area contributed by atoms with Crippen molar-refractivity contribution in [1.29, 1.82) is 0 Å². The maximum Gasteiger partial charge on any atom is 0.279 e. The van der Waals surface area contributed by atoms with E-state index in [-0.39, 0.29) is 23.4 Å². The number of rotatable bonds is 4. The van der Waals surface area contributed by atoms with Gasteiger partial charge in [0.2, 0.25) is 0 Å². The van der Waals surface area contributed by atoms with Gasteiger partial charge < -0.3 is 4.74 Å². The van der Waals surface area contributed by atoms with Crippen LogP contribution in [0.4, 0.5) is 0 Å². The minimum atomic E-state index is -0.640. The first-order valence-corrected chi connectivity index (χ1v) is 12.7. The lowest BCUT2D eigenvalue weighted by atomic mass is 9.59. The van der Waals surface area contributed by atoms with Gasteiger partial charge in [0, 0.05) is 16.9 Å². The van der Waals surface area contributed by atoms with Gasteiger partial charge in [-0.15, -0.1) is 0 Å². The lowest BCUT2D eigenvalue weighted by Crippen LogP contribution is -2.41. The molecule has 0 N–H and O–H groups in total. The van der Waals surface area contributed by atoms with E-state index < -0.39 is 5.92 Å². The molecule has 7 rings (SSSR count). The van der Waals surface area contributed by atoms with Crippen molar-refractivity contribution in [1.82, 2.24) is 4.98 Å². The zero-order valence-electron chi connectivity index (χ0n) is 17.8. The van der Waals surface area contributed by atoms with Crippen molar-refractivity contribution in [3.05, 3.63) is 52.5 Å². The van der Waals surface area contributed by atoms with Gasteiger partial charge in [0.1, 0.15) is 11.7 Å². The van der Waals surface area contributed by atoms with E-state index in [9.17, 15) is 9.59 Å². The zero-order valence-corrected chi connectivity index (χ0v) is 19.4. The second kappa shape index (κ2) is 7.67. The Morgan fingerprint density at radius 1 is 1.00 bits per heavy atom. The van der Waals surface area contributed by atoms with Gasteiger partial charge in [0.25, 0.3) is 5.19 Å². The first-order valence-electron chi connectivity index (χ1n) is 11.5. The quantitative estimate of drug-likeness (QED) is 0.407.